The number of anilines is 1. The van der Waals surface area contributed by atoms with Crippen LogP contribution >= 0.6 is 0 Å². The first-order chi connectivity index (χ1) is 17.4. The number of carbonyl (C=O) groups is 2. The number of benzene rings is 3. The van der Waals surface area contributed by atoms with Gasteiger partial charge in [0.05, 0.1) is 4.92 Å². The van der Waals surface area contributed by atoms with Crippen molar-refractivity contribution in [3.05, 3.63) is 99.6 Å². The van der Waals surface area contributed by atoms with Crippen molar-refractivity contribution < 1.29 is 19.6 Å². The lowest BCUT2D eigenvalue weighted by molar-refractivity contribution is -0.384. The van der Waals surface area contributed by atoms with E-state index in [0.29, 0.717) is 18.4 Å². The number of rotatable bonds is 5. The number of phenolic OH excluding ortho intramolecular Hbond substituents is 1. The van der Waals surface area contributed by atoms with E-state index < -0.39 is 28.6 Å². The molecule has 182 valence electrons. The summed E-state index contributed by atoms with van der Waals surface area (Å²) in [7, 11) is 0. The van der Waals surface area contributed by atoms with Gasteiger partial charge in [-0.15, -0.1) is 0 Å². The molecule has 0 radical (unpaired) electrons. The Morgan fingerprint density at radius 3 is 2.56 bits per heavy atom. The molecule has 3 heterocycles. The van der Waals surface area contributed by atoms with Gasteiger partial charge in [0.25, 0.3) is 5.69 Å². The van der Waals surface area contributed by atoms with Gasteiger partial charge in [-0.2, -0.15) is 0 Å². The summed E-state index contributed by atoms with van der Waals surface area (Å²) in [5.74, 6) is -0.438. The first-order valence-electron chi connectivity index (χ1n) is 11.9. The van der Waals surface area contributed by atoms with Gasteiger partial charge in [0.1, 0.15) is 24.0 Å². The number of nitro groups is 1. The quantitative estimate of drug-likeness (QED) is 0.378. The molecule has 36 heavy (non-hydrogen) atoms. The monoisotopic (exact) mass is 484 g/mol. The van der Waals surface area contributed by atoms with Gasteiger partial charge in [0.15, 0.2) is 0 Å². The van der Waals surface area contributed by atoms with Gasteiger partial charge in [-0.1, -0.05) is 48.5 Å². The number of aromatic hydroxyl groups is 1. The summed E-state index contributed by atoms with van der Waals surface area (Å²) in [6, 6.07) is 19.8. The van der Waals surface area contributed by atoms with Crippen LogP contribution in [0.4, 0.5) is 11.4 Å². The van der Waals surface area contributed by atoms with Gasteiger partial charge < -0.3 is 20.6 Å². The number of amides is 2. The van der Waals surface area contributed by atoms with E-state index in [9.17, 15) is 24.8 Å². The Morgan fingerprint density at radius 2 is 1.78 bits per heavy atom. The highest BCUT2D eigenvalue weighted by molar-refractivity contribution is 5.99. The summed E-state index contributed by atoms with van der Waals surface area (Å²) in [6.45, 7) is 0. The van der Waals surface area contributed by atoms with Gasteiger partial charge >= 0.3 is 0 Å². The van der Waals surface area contributed by atoms with E-state index in [1.165, 1.54) is 18.2 Å². The van der Waals surface area contributed by atoms with Crippen molar-refractivity contribution >= 4 is 23.2 Å². The maximum atomic E-state index is 13.8. The molecule has 0 saturated carbocycles. The van der Waals surface area contributed by atoms with Crippen LogP contribution in [0.15, 0.2) is 72.8 Å². The Hall–Kier alpha value is -4.40. The first kappa shape index (κ1) is 22.1. The van der Waals surface area contributed by atoms with E-state index in [-0.39, 0.29) is 29.7 Å². The van der Waals surface area contributed by atoms with Crippen LogP contribution in [-0.2, 0) is 27.8 Å². The van der Waals surface area contributed by atoms with Gasteiger partial charge in [0.2, 0.25) is 11.8 Å². The first-order valence-corrected chi connectivity index (χ1v) is 11.9. The maximum Gasteiger partial charge on any atom is 0.269 e. The van der Waals surface area contributed by atoms with Crippen molar-refractivity contribution in [3.63, 3.8) is 0 Å². The fourth-order valence-corrected chi connectivity index (χ4v) is 6.09. The number of hydrogen-bond donors (Lipinski definition) is 3. The minimum absolute atomic E-state index is 0.0549. The molecular weight excluding hydrogens is 460 g/mol. The van der Waals surface area contributed by atoms with Crippen LogP contribution in [0.2, 0.25) is 0 Å². The lowest BCUT2D eigenvalue weighted by Crippen LogP contribution is -2.64. The van der Waals surface area contributed by atoms with Gasteiger partial charge in [-0.05, 0) is 36.1 Å². The Morgan fingerprint density at radius 1 is 1.03 bits per heavy atom. The number of phenols is 1. The Balaban J connectivity index is 1.41. The number of para-hydroxylation sites is 1. The molecule has 4 atom stereocenters. The van der Waals surface area contributed by atoms with E-state index >= 15 is 0 Å². The highest BCUT2D eigenvalue weighted by Crippen LogP contribution is 2.54. The van der Waals surface area contributed by atoms with Gasteiger partial charge in [0, 0.05) is 35.2 Å². The second-order valence-electron chi connectivity index (χ2n) is 9.71. The van der Waals surface area contributed by atoms with Crippen molar-refractivity contribution in [1.82, 2.24) is 10.2 Å². The third-order valence-corrected chi connectivity index (χ3v) is 7.68. The molecule has 2 fully saturated rings. The summed E-state index contributed by atoms with van der Waals surface area (Å²) < 4.78 is 0. The molecule has 0 aliphatic carbocycles. The van der Waals surface area contributed by atoms with Crippen molar-refractivity contribution in [2.24, 2.45) is 0 Å². The van der Waals surface area contributed by atoms with Crippen molar-refractivity contribution in [2.75, 3.05) is 5.32 Å². The molecule has 6 rings (SSSR count). The third kappa shape index (κ3) is 3.30. The average Bonchev–Trinajstić information content (AvgIpc) is 3.35. The van der Waals surface area contributed by atoms with E-state index in [4.69, 9.17) is 0 Å². The number of nitrogens with one attached hydrogen (secondary N) is 2. The smallest absolute Gasteiger partial charge is 0.269 e. The van der Waals surface area contributed by atoms with Crippen LogP contribution in [0.1, 0.15) is 23.1 Å². The van der Waals surface area contributed by atoms with Crippen molar-refractivity contribution in [2.45, 2.75) is 42.9 Å². The second kappa shape index (κ2) is 8.08. The molecule has 0 aromatic heterocycles. The largest absolute Gasteiger partial charge is 0.508 e. The number of fused-ring (bicyclic) bond motifs is 5. The zero-order valence-electron chi connectivity index (χ0n) is 19.3. The molecule has 0 bridgehead atoms. The lowest BCUT2D eigenvalue weighted by Gasteiger charge is -2.38. The molecule has 9 nitrogen and oxygen atoms in total. The van der Waals surface area contributed by atoms with Crippen LogP contribution in [-0.4, -0.2) is 45.0 Å². The minimum Gasteiger partial charge on any atom is -0.508 e. The van der Waals surface area contributed by atoms with Gasteiger partial charge in [-0.25, -0.2) is 0 Å². The Kier molecular flexibility index (Phi) is 4.96. The number of nitro benzene ring substituents is 1. The zero-order valence-corrected chi connectivity index (χ0v) is 19.3. The SMILES string of the molecule is O=C1N[C@@H](Cc2ccccc2)C(=O)N2[C@H]3Nc4ccccc4[C@@]3(Cc3cc([N+](=O)[O-])ccc3O)C[C@@H]12. The summed E-state index contributed by atoms with van der Waals surface area (Å²) in [5, 5.41) is 28.4. The van der Waals surface area contributed by atoms with Crippen LogP contribution in [0, 0.1) is 10.1 Å². The molecular formula is C27H24N4O5. The van der Waals surface area contributed by atoms with Crippen molar-refractivity contribution in [3.8, 4) is 5.75 Å². The minimum atomic E-state index is -0.747. The van der Waals surface area contributed by atoms with E-state index in [1.807, 2.05) is 54.6 Å². The molecule has 2 saturated heterocycles. The molecule has 9 heteroatoms. The van der Waals surface area contributed by atoms with Crippen LogP contribution in [0.3, 0.4) is 0 Å². The predicted octanol–water partition coefficient (Wildman–Crippen LogP) is 2.87. The van der Waals surface area contributed by atoms with Crippen LogP contribution in [0.25, 0.3) is 0 Å². The highest BCUT2D eigenvalue weighted by atomic mass is 16.6. The van der Waals surface area contributed by atoms with E-state index in [1.54, 1.807) is 4.90 Å². The summed E-state index contributed by atoms with van der Waals surface area (Å²) >= 11 is 0. The Labute approximate surface area is 206 Å². The zero-order chi connectivity index (χ0) is 25.0. The third-order valence-electron chi connectivity index (χ3n) is 7.68. The molecule has 0 unspecified atom stereocenters. The molecule has 3 N–H and O–H groups in total. The van der Waals surface area contributed by atoms with Crippen LogP contribution < -0.4 is 10.6 Å². The van der Waals surface area contributed by atoms with E-state index in [0.717, 1.165) is 16.8 Å². The summed E-state index contributed by atoms with van der Waals surface area (Å²) in [6.07, 6.45) is 0.411. The standard InChI is InChI=1S/C27H24N4O5/c32-23-11-10-18(31(35)36)13-17(23)14-27-15-22-24(33)28-21(12-16-6-2-1-3-7-16)25(34)30(22)26(27)29-20-9-5-4-8-19(20)27/h1-11,13,21-22,26,29,32H,12,14-15H2,(H,28,33)/t21-,22-,26+,27+/m0/s1. The highest BCUT2D eigenvalue weighted by Gasteiger charge is 2.62. The fraction of sp³-hybridized carbons (Fsp3) is 0.259. The maximum absolute atomic E-state index is 13.8. The van der Waals surface area contributed by atoms with Crippen LogP contribution in [0.5, 0.6) is 5.75 Å². The predicted molar refractivity (Wildman–Crippen MR) is 131 cm³/mol. The number of hydrogen-bond acceptors (Lipinski definition) is 6. The normalized spacial score (nSPS) is 26.0. The molecule has 0 spiro atoms. The van der Waals surface area contributed by atoms with Gasteiger partial charge in [-0.3, -0.25) is 19.7 Å². The van der Waals surface area contributed by atoms with E-state index in [2.05, 4.69) is 10.6 Å². The topological polar surface area (TPSA) is 125 Å². The second-order valence-corrected chi connectivity index (χ2v) is 9.71. The summed E-state index contributed by atoms with van der Waals surface area (Å²) in [5.41, 5.74) is 2.26. The number of non-ortho nitro benzene ring substituents is 1. The fourth-order valence-electron chi connectivity index (χ4n) is 6.09. The van der Waals surface area contributed by atoms with Crippen molar-refractivity contribution in [1.29, 1.82) is 0 Å². The molecule has 3 aliphatic heterocycles. The number of piperazine rings is 1. The number of carbonyl (C=O) groups excluding carboxylic acids is 2. The number of nitrogens with zero attached hydrogens (tertiary/aromatic N) is 2. The average molecular weight is 485 g/mol. The molecule has 3 aromatic carbocycles. The molecule has 2 amide bonds. The summed E-state index contributed by atoms with van der Waals surface area (Å²) in [4.78, 5) is 39.7. The molecule has 3 aliphatic rings. The molecule has 3 aromatic rings. The Bertz CT molecular complexity index is 1390. The lowest BCUT2D eigenvalue weighted by atomic mass is 9.73.